The van der Waals surface area contributed by atoms with E-state index in [1.54, 1.807) is 0 Å². The van der Waals surface area contributed by atoms with E-state index >= 15 is 0 Å². The van der Waals surface area contributed by atoms with Crippen molar-refractivity contribution in [2.24, 2.45) is 10.8 Å². The molecule has 2 aromatic carbocycles. The van der Waals surface area contributed by atoms with Crippen LogP contribution in [-0.4, -0.2) is 53.1 Å². The monoisotopic (exact) mass is 712 g/mol. The summed E-state index contributed by atoms with van der Waals surface area (Å²) in [6, 6.07) is 21.7. The van der Waals surface area contributed by atoms with Gasteiger partial charge in [-0.25, -0.2) is 0 Å². The van der Waals surface area contributed by atoms with Crippen LogP contribution in [0.15, 0.2) is 60.7 Å². The summed E-state index contributed by atoms with van der Waals surface area (Å²) in [5, 5.41) is 12.9. The molecule has 0 bridgehead atoms. The lowest BCUT2D eigenvalue weighted by Gasteiger charge is -2.46. The summed E-state index contributed by atoms with van der Waals surface area (Å²) >= 11 is 0. The Morgan fingerprint density at radius 2 is 1.22 bits per heavy atom. The number of ether oxygens (including phenoxy) is 1. The molecular formula is C42H72O5Si2. The summed E-state index contributed by atoms with van der Waals surface area (Å²) in [7, 11) is -4.16. The van der Waals surface area contributed by atoms with Gasteiger partial charge in [-0.2, -0.15) is 0 Å². The van der Waals surface area contributed by atoms with Crippen LogP contribution in [0.4, 0.5) is 0 Å². The molecule has 2 aliphatic carbocycles. The second-order valence-electron chi connectivity index (χ2n) is 17.4. The summed E-state index contributed by atoms with van der Waals surface area (Å²) in [5.74, 6) is -0.0363. The fourth-order valence-electron chi connectivity index (χ4n) is 6.94. The van der Waals surface area contributed by atoms with Gasteiger partial charge in [-0.3, -0.25) is 4.79 Å². The first kappa shape index (κ1) is 43.4. The Morgan fingerprint density at radius 1 is 0.776 bits per heavy atom. The van der Waals surface area contributed by atoms with Crippen LogP contribution >= 0.6 is 0 Å². The molecule has 0 atom stereocenters. The standard InChI is InChI=1S/C24H34O2Si.C16H32O3Si.C2H6/c1-23(2,3)27(21-11-7-5-8-12-21,22-13-9-6-10-14-22)26-19-24(4)17-15-20(25)16-18-24;1-8-18-14(17)16(5)11-9-13(10-12-16)19-20(6,7)15(2,3)4;1-2/h5-14,20,25H,15-19H2,1-4H3;13H,8-12H2,1-7H3;1-2H3. The fraction of sp³-hybridized carbons (Fsp3) is 0.690. The third kappa shape index (κ3) is 11.4. The van der Waals surface area contributed by atoms with E-state index in [-0.39, 0.29) is 33.0 Å². The molecule has 0 amide bonds. The number of benzene rings is 2. The SMILES string of the molecule is CC.CC1(CO[Si](c2ccccc2)(c2ccccc2)C(C)(C)C)CCC(O)CC1.CCOC(=O)C1(C)CCC(O[Si](C)(C)C(C)(C)C)CC1. The fourth-order valence-corrected chi connectivity index (χ4v) is 13.1. The van der Waals surface area contributed by atoms with Gasteiger partial charge in [0.25, 0.3) is 8.32 Å². The largest absolute Gasteiger partial charge is 0.466 e. The number of carbonyl (C=O) groups is 1. The zero-order valence-electron chi connectivity index (χ0n) is 33.6. The maximum absolute atomic E-state index is 12.0. The summed E-state index contributed by atoms with van der Waals surface area (Å²) in [6.45, 7) is 29.8. The molecule has 0 radical (unpaired) electrons. The van der Waals surface area contributed by atoms with E-state index in [2.05, 4.69) is 122 Å². The molecule has 2 saturated carbocycles. The van der Waals surface area contributed by atoms with E-state index in [0.717, 1.165) is 58.0 Å². The van der Waals surface area contributed by atoms with Crippen LogP contribution < -0.4 is 10.4 Å². The van der Waals surface area contributed by atoms with Crippen molar-refractivity contribution in [3.8, 4) is 0 Å². The lowest BCUT2D eigenvalue weighted by Crippen LogP contribution is -2.67. The van der Waals surface area contributed by atoms with E-state index in [4.69, 9.17) is 13.6 Å². The van der Waals surface area contributed by atoms with Gasteiger partial charge in [0.05, 0.1) is 18.1 Å². The molecule has 2 aromatic rings. The highest BCUT2D eigenvalue weighted by molar-refractivity contribution is 6.99. The van der Waals surface area contributed by atoms with Gasteiger partial charge in [0.2, 0.25) is 0 Å². The predicted octanol–water partition coefficient (Wildman–Crippen LogP) is 10.1. The minimum absolute atomic E-state index is 0.0141. The second kappa shape index (κ2) is 18.1. The van der Waals surface area contributed by atoms with Gasteiger partial charge in [-0.15, -0.1) is 0 Å². The van der Waals surface area contributed by atoms with Crippen LogP contribution in [0, 0.1) is 10.8 Å². The van der Waals surface area contributed by atoms with Gasteiger partial charge in [0, 0.05) is 12.7 Å². The van der Waals surface area contributed by atoms with Crippen LogP contribution in [0.5, 0.6) is 0 Å². The van der Waals surface area contributed by atoms with E-state index < -0.39 is 16.6 Å². The summed E-state index contributed by atoms with van der Waals surface area (Å²) in [4.78, 5) is 12.0. The van der Waals surface area contributed by atoms with Crippen molar-refractivity contribution < 1.29 is 23.5 Å². The van der Waals surface area contributed by atoms with Crippen molar-refractivity contribution in [3.05, 3.63) is 60.7 Å². The van der Waals surface area contributed by atoms with Crippen molar-refractivity contribution >= 4 is 33.0 Å². The second-order valence-corrected chi connectivity index (χ2v) is 26.4. The Bertz CT molecular complexity index is 1190. The topological polar surface area (TPSA) is 65.0 Å². The first-order valence-electron chi connectivity index (χ1n) is 19.1. The first-order valence-corrected chi connectivity index (χ1v) is 23.9. The Labute approximate surface area is 303 Å². The predicted molar refractivity (Wildman–Crippen MR) is 213 cm³/mol. The maximum atomic E-state index is 12.0. The normalized spacial score (nSPS) is 24.9. The molecule has 0 unspecified atom stereocenters. The van der Waals surface area contributed by atoms with Gasteiger partial charge in [0.15, 0.2) is 8.32 Å². The molecule has 2 aliphatic rings. The highest BCUT2D eigenvalue weighted by atomic mass is 28.4. The Hall–Kier alpha value is -1.78. The van der Waals surface area contributed by atoms with E-state index in [1.165, 1.54) is 10.4 Å². The highest BCUT2D eigenvalue weighted by Crippen LogP contribution is 2.43. The van der Waals surface area contributed by atoms with Gasteiger partial charge >= 0.3 is 5.97 Å². The van der Waals surface area contributed by atoms with Crippen molar-refractivity contribution in [2.75, 3.05) is 13.2 Å². The van der Waals surface area contributed by atoms with Gasteiger partial charge < -0.3 is 18.7 Å². The van der Waals surface area contributed by atoms with E-state index in [0.29, 0.717) is 12.7 Å². The number of carbonyl (C=O) groups excluding carboxylic acids is 1. The number of hydrogen-bond acceptors (Lipinski definition) is 5. The molecule has 0 saturated heterocycles. The first-order chi connectivity index (χ1) is 22.8. The number of esters is 1. The molecule has 278 valence electrons. The molecule has 0 aliphatic heterocycles. The lowest BCUT2D eigenvalue weighted by molar-refractivity contribution is -0.157. The number of rotatable bonds is 9. The van der Waals surface area contributed by atoms with Crippen molar-refractivity contribution in [3.63, 3.8) is 0 Å². The molecule has 1 N–H and O–H groups in total. The number of aliphatic hydroxyl groups is 1. The van der Waals surface area contributed by atoms with Gasteiger partial charge in [0.1, 0.15) is 0 Å². The minimum atomic E-state index is -2.46. The minimum Gasteiger partial charge on any atom is -0.466 e. The number of aliphatic hydroxyl groups excluding tert-OH is 1. The molecule has 7 heteroatoms. The lowest BCUT2D eigenvalue weighted by atomic mass is 9.75. The summed E-state index contributed by atoms with van der Waals surface area (Å²) in [5.41, 5.74) is -0.157. The smallest absolute Gasteiger partial charge is 0.311 e. The van der Waals surface area contributed by atoms with Crippen LogP contribution in [0.25, 0.3) is 0 Å². The van der Waals surface area contributed by atoms with Crippen molar-refractivity contribution in [1.82, 2.24) is 0 Å². The maximum Gasteiger partial charge on any atom is 0.311 e. The number of hydrogen-bond donors (Lipinski definition) is 1. The summed E-state index contributed by atoms with van der Waals surface area (Å²) in [6.07, 6.45) is 7.74. The average Bonchev–Trinajstić information content (AvgIpc) is 3.05. The molecule has 0 aromatic heterocycles. The third-order valence-electron chi connectivity index (χ3n) is 11.3. The highest BCUT2D eigenvalue weighted by Gasteiger charge is 2.51. The third-order valence-corrected chi connectivity index (χ3v) is 20.8. The molecular weight excluding hydrogens is 641 g/mol. The molecule has 0 spiro atoms. The summed E-state index contributed by atoms with van der Waals surface area (Å²) < 4.78 is 18.8. The zero-order chi connectivity index (χ0) is 37.2. The van der Waals surface area contributed by atoms with Gasteiger partial charge in [-0.05, 0) is 104 Å². The van der Waals surface area contributed by atoms with Crippen LogP contribution in [0.2, 0.25) is 23.2 Å². The van der Waals surface area contributed by atoms with E-state index in [1.807, 2.05) is 27.7 Å². The molecule has 5 nitrogen and oxygen atoms in total. The van der Waals surface area contributed by atoms with Gasteiger partial charge in [-0.1, -0.05) is 123 Å². The molecule has 0 heterocycles. The van der Waals surface area contributed by atoms with Crippen LogP contribution in [-0.2, 0) is 18.4 Å². The quantitative estimate of drug-likeness (QED) is 0.207. The van der Waals surface area contributed by atoms with E-state index in [9.17, 15) is 9.90 Å². The van der Waals surface area contributed by atoms with Crippen LogP contribution in [0.3, 0.4) is 0 Å². The zero-order valence-corrected chi connectivity index (χ0v) is 35.6. The van der Waals surface area contributed by atoms with Crippen molar-refractivity contribution in [1.29, 1.82) is 0 Å². The van der Waals surface area contributed by atoms with Crippen LogP contribution in [0.1, 0.15) is 128 Å². The molecule has 49 heavy (non-hydrogen) atoms. The Balaban J connectivity index is 0.000000338. The molecule has 4 rings (SSSR count). The Morgan fingerprint density at radius 3 is 1.61 bits per heavy atom. The average molecular weight is 713 g/mol. The van der Waals surface area contributed by atoms with Crippen molar-refractivity contribution in [2.45, 2.75) is 163 Å². The molecule has 2 fully saturated rings. The Kier molecular flexibility index (Phi) is 16.0.